The number of rotatable bonds is 2. The number of hydrogen-bond acceptors (Lipinski definition) is 1. The molecule has 2 aliphatic carbocycles. The first kappa shape index (κ1) is 12.7. The smallest absolute Gasteiger partial charge is 0.165 e. The minimum atomic E-state index is -0.125. The zero-order valence-corrected chi connectivity index (χ0v) is 12.1. The van der Waals surface area contributed by atoms with Crippen LogP contribution in [0.15, 0.2) is 42.0 Å². The van der Waals surface area contributed by atoms with Crippen molar-refractivity contribution in [1.29, 1.82) is 0 Å². The summed E-state index contributed by atoms with van der Waals surface area (Å²) in [4.78, 5) is 12.7. The van der Waals surface area contributed by atoms with E-state index >= 15 is 0 Å². The Hall–Kier alpha value is -1.37. The molecule has 0 aromatic heterocycles. The molecule has 0 aliphatic heterocycles. The number of carbonyl (C=O) groups excluding carboxylic acids is 1. The molecular formula is C18H22O. The van der Waals surface area contributed by atoms with Crippen LogP contribution in [0.1, 0.15) is 39.2 Å². The van der Waals surface area contributed by atoms with Gasteiger partial charge in [-0.15, -0.1) is 0 Å². The van der Waals surface area contributed by atoms with Crippen molar-refractivity contribution in [1.82, 2.24) is 0 Å². The van der Waals surface area contributed by atoms with Crippen LogP contribution in [-0.4, -0.2) is 5.78 Å². The lowest BCUT2D eigenvalue weighted by Crippen LogP contribution is -2.32. The van der Waals surface area contributed by atoms with E-state index in [0.717, 1.165) is 18.4 Å². The minimum absolute atomic E-state index is 0.125. The van der Waals surface area contributed by atoms with Crippen molar-refractivity contribution >= 4 is 5.78 Å². The van der Waals surface area contributed by atoms with Crippen LogP contribution in [0.2, 0.25) is 0 Å². The lowest BCUT2D eigenvalue weighted by Gasteiger charge is -2.31. The van der Waals surface area contributed by atoms with E-state index in [1.165, 1.54) is 12.0 Å². The Bertz CT molecular complexity index is 538. The summed E-state index contributed by atoms with van der Waals surface area (Å²) in [5.74, 6) is 0.874. The molecule has 0 saturated heterocycles. The molecule has 19 heavy (non-hydrogen) atoms. The number of ketones is 1. The Labute approximate surface area is 115 Å². The fourth-order valence-corrected chi connectivity index (χ4v) is 4.00. The summed E-state index contributed by atoms with van der Waals surface area (Å²) in [6.45, 7) is 6.70. The monoisotopic (exact) mass is 254 g/mol. The van der Waals surface area contributed by atoms with Gasteiger partial charge >= 0.3 is 0 Å². The average molecular weight is 254 g/mol. The van der Waals surface area contributed by atoms with Gasteiger partial charge in [0.15, 0.2) is 5.78 Å². The van der Waals surface area contributed by atoms with Gasteiger partial charge in [0.2, 0.25) is 0 Å². The first-order chi connectivity index (χ1) is 8.97. The van der Waals surface area contributed by atoms with Crippen LogP contribution < -0.4 is 0 Å². The van der Waals surface area contributed by atoms with Crippen molar-refractivity contribution in [3.63, 3.8) is 0 Å². The van der Waals surface area contributed by atoms with Gasteiger partial charge in [0.1, 0.15) is 0 Å². The summed E-state index contributed by atoms with van der Waals surface area (Å²) in [5.41, 5.74) is 2.39. The van der Waals surface area contributed by atoms with Gasteiger partial charge in [-0.3, -0.25) is 4.79 Å². The molecule has 1 heteroatoms. The third-order valence-corrected chi connectivity index (χ3v) is 5.77. The van der Waals surface area contributed by atoms with Crippen molar-refractivity contribution < 1.29 is 4.79 Å². The third-order valence-electron chi connectivity index (χ3n) is 5.77. The van der Waals surface area contributed by atoms with Crippen LogP contribution in [0.25, 0.3) is 0 Å². The van der Waals surface area contributed by atoms with Gasteiger partial charge in [-0.05, 0) is 41.7 Å². The second kappa shape index (κ2) is 4.06. The fourth-order valence-electron chi connectivity index (χ4n) is 4.00. The average Bonchev–Trinajstić information content (AvgIpc) is 2.70. The molecule has 100 valence electrons. The molecule has 2 atom stereocenters. The normalized spacial score (nSPS) is 34.2. The lowest BCUT2D eigenvalue weighted by molar-refractivity contribution is -0.125. The van der Waals surface area contributed by atoms with Crippen molar-refractivity contribution in [3.8, 4) is 0 Å². The van der Waals surface area contributed by atoms with Crippen LogP contribution in [-0.2, 0) is 11.2 Å². The van der Waals surface area contributed by atoms with Crippen molar-refractivity contribution in [2.75, 3.05) is 0 Å². The molecule has 0 amide bonds. The second-order valence-electron chi connectivity index (χ2n) is 6.82. The van der Waals surface area contributed by atoms with Crippen LogP contribution in [0, 0.1) is 16.7 Å². The summed E-state index contributed by atoms with van der Waals surface area (Å²) >= 11 is 0. The number of hydrogen-bond donors (Lipinski definition) is 0. The third kappa shape index (κ3) is 1.64. The maximum Gasteiger partial charge on any atom is 0.165 e. The predicted octanol–water partition coefficient (Wildman–Crippen LogP) is 4.18. The highest BCUT2D eigenvalue weighted by Gasteiger charge is 2.63. The van der Waals surface area contributed by atoms with E-state index in [-0.39, 0.29) is 10.8 Å². The predicted molar refractivity (Wildman–Crippen MR) is 77.8 cm³/mol. The highest BCUT2D eigenvalue weighted by Crippen LogP contribution is 2.65. The highest BCUT2D eigenvalue weighted by atomic mass is 16.1. The van der Waals surface area contributed by atoms with E-state index in [1.54, 1.807) is 0 Å². The molecule has 3 rings (SSSR count). The first-order valence-electron chi connectivity index (χ1n) is 7.25. The molecule has 2 aliphatic rings. The van der Waals surface area contributed by atoms with Crippen LogP contribution in [0.5, 0.6) is 0 Å². The molecule has 2 fully saturated rings. The quantitative estimate of drug-likeness (QED) is 0.724. The van der Waals surface area contributed by atoms with Gasteiger partial charge in [0, 0.05) is 5.41 Å². The molecule has 2 unspecified atom stereocenters. The van der Waals surface area contributed by atoms with Crippen LogP contribution in [0.4, 0.5) is 0 Å². The summed E-state index contributed by atoms with van der Waals surface area (Å²) < 4.78 is 0. The van der Waals surface area contributed by atoms with Gasteiger partial charge in [-0.2, -0.15) is 0 Å². The number of fused-ring (bicyclic) bond motifs is 2. The highest BCUT2D eigenvalue weighted by molar-refractivity contribution is 6.04. The SMILES string of the molecule is CC12CCC(/C(=C/Cc3ccccc3)C1=O)C2(C)C. The van der Waals surface area contributed by atoms with E-state index in [9.17, 15) is 4.79 Å². The molecule has 1 aromatic carbocycles. The first-order valence-corrected chi connectivity index (χ1v) is 7.25. The summed E-state index contributed by atoms with van der Waals surface area (Å²) in [6.07, 6.45) is 5.31. The zero-order valence-electron chi connectivity index (χ0n) is 12.1. The van der Waals surface area contributed by atoms with E-state index in [2.05, 4.69) is 51.1 Å². The van der Waals surface area contributed by atoms with E-state index in [0.29, 0.717) is 11.7 Å². The Morgan fingerprint density at radius 1 is 1.21 bits per heavy atom. The molecule has 2 bridgehead atoms. The van der Waals surface area contributed by atoms with Gasteiger partial charge in [0.05, 0.1) is 0 Å². The number of carbonyl (C=O) groups is 1. The molecule has 2 saturated carbocycles. The van der Waals surface area contributed by atoms with Crippen LogP contribution in [0.3, 0.4) is 0 Å². The lowest BCUT2D eigenvalue weighted by atomic mass is 9.70. The topological polar surface area (TPSA) is 17.1 Å². The standard InChI is InChI=1S/C18H22O/c1-17(2)15-11-12-18(17,3)16(19)14(15)10-9-13-7-5-4-6-8-13/h4-8,10,15H,9,11-12H2,1-3H3/b14-10-. The Morgan fingerprint density at radius 2 is 1.89 bits per heavy atom. The van der Waals surface area contributed by atoms with Gasteiger partial charge < -0.3 is 0 Å². The molecule has 1 aromatic rings. The van der Waals surface area contributed by atoms with E-state index in [1.807, 2.05) is 6.07 Å². The van der Waals surface area contributed by atoms with Crippen molar-refractivity contribution in [2.45, 2.75) is 40.0 Å². The second-order valence-corrected chi connectivity index (χ2v) is 6.82. The number of Topliss-reactive ketones (excluding diaryl/α,β-unsaturated/α-hetero) is 1. The van der Waals surface area contributed by atoms with Crippen molar-refractivity contribution in [2.24, 2.45) is 16.7 Å². The summed E-state index contributed by atoms with van der Waals surface area (Å²) in [5, 5.41) is 0. The number of allylic oxidation sites excluding steroid dienone is 2. The fraction of sp³-hybridized carbons (Fsp3) is 0.500. The summed E-state index contributed by atoms with van der Waals surface area (Å²) in [7, 11) is 0. The molecule has 0 N–H and O–H groups in total. The van der Waals surface area contributed by atoms with Crippen molar-refractivity contribution in [3.05, 3.63) is 47.5 Å². The molecule has 0 spiro atoms. The molecule has 1 nitrogen and oxygen atoms in total. The van der Waals surface area contributed by atoms with Gasteiger partial charge in [-0.25, -0.2) is 0 Å². The summed E-state index contributed by atoms with van der Waals surface area (Å²) in [6, 6.07) is 10.4. The Kier molecular flexibility index (Phi) is 2.70. The molecular weight excluding hydrogens is 232 g/mol. The Balaban J connectivity index is 1.89. The number of benzene rings is 1. The van der Waals surface area contributed by atoms with Gasteiger partial charge in [0.25, 0.3) is 0 Å². The minimum Gasteiger partial charge on any atom is -0.294 e. The zero-order chi connectivity index (χ0) is 13.7. The maximum atomic E-state index is 12.7. The molecule has 0 heterocycles. The molecule has 0 radical (unpaired) electrons. The largest absolute Gasteiger partial charge is 0.294 e. The Morgan fingerprint density at radius 3 is 2.47 bits per heavy atom. The van der Waals surface area contributed by atoms with E-state index < -0.39 is 0 Å². The van der Waals surface area contributed by atoms with Gasteiger partial charge in [-0.1, -0.05) is 57.2 Å². The van der Waals surface area contributed by atoms with Crippen LogP contribution >= 0.6 is 0 Å². The van der Waals surface area contributed by atoms with E-state index in [4.69, 9.17) is 0 Å². The maximum absolute atomic E-state index is 12.7.